The van der Waals surface area contributed by atoms with Gasteiger partial charge in [0.05, 0.1) is 10.6 Å². The Morgan fingerprint density at radius 3 is 2.35 bits per heavy atom. The first kappa shape index (κ1) is 11.9. The van der Waals surface area contributed by atoms with Gasteiger partial charge < -0.3 is 5.73 Å². The number of anilines is 1. The van der Waals surface area contributed by atoms with Crippen LogP contribution in [0.3, 0.4) is 0 Å². The molecule has 2 aromatic rings. The van der Waals surface area contributed by atoms with E-state index in [0.717, 1.165) is 0 Å². The Hall–Kier alpha value is -1.59. The lowest BCUT2D eigenvalue weighted by molar-refractivity contribution is 0.593. The summed E-state index contributed by atoms with van der Waals surface area (Å²) in [7, 11) is -3.68. The lowest BCUT2D eigenvalue weighted by atomic mass is 10.4. The van der Waals surface area contributed by atoms with Crippen molar-refractivity contribution in [3.8, 4) is 0 Å². The lowest BCUT2D eigenvalue weighted by Crippen LogP contribution is -2.07. The molecule has 1 aromatic heterocycles. The van der Waals surface area contributed by atoms with Gasteiger partial charge in [-0.1, -0.05) is 11.6 Å². The molecule has 88 valence electrons. The first-order valence-corrected chi connectivity index (χ1v) is 6.59. The van der Waals surface area contributed by atoms with E-state index in [-0.39, 0.29) is 15.6 Å². The molecule has 1 heterocycles. The Kier molecular flexibility index (Phi) is 3.04. The number of hydrogen-bond acceptors (Lipinski definition) is 4. The average Bonchev–Trinajstić information content (AvgIpc) is 2.30. The van der Waals surface area contributed by atoms with Crippen molar-refractivity contribution in [3.63, 3.8) is 0 Å². The van der Waals surface area contributed by atoms with Crippen molar-refractivity contribution in [1.82, 2.24) is 4.98 Å². The Bertz CT molecular complexity index is 639. The van der Waals surface area contributed by atoms with E-state index in [1.54, 1.807) is 6.07 Å². The molecule has 0 radical (unpaired) electrons. The zero-order valence-corrected chi connectivity index (χ0v) is 10.2. The predicted octanol–water partition coefficient (Wildman–Crippen LogP) is 2.15. The van der Waals surface area contributed by atoms with Gasteiger partial charge in [0.15, 0.2) is 5.03 Å². The van der Waals surface area contributed by atoms with E-state index < -0.39 is 9.84 Å². The summed E-state index contributed by atoms with van der Waals surface area (Å²) in [6, 6.07) is 8.94. The number of aromatic nitrogens is 1. The summed E-state index contributed by atoms with van der Waals surface area (Å²) in [6.45, 7) is 0. The molecule has 0 aliphatic carbocycles. The smallest absolute Gasteiger partial charge is 0.225 e. The number of benzene rings is 1. The molecule has 0 unspecified atom stereocenters. The van der Waals surface area contributed by atoms with Gasteiger partial charge in [0.1, 0.15) is 0 Å². The van der Waals surface area contributed by atoms with E-state index >= 15 is 0 Å². The molecule has 17 heavy (non-hydrogen) atoms. The fourth-order valence-corrected chi connectivity index (χ4v) is 2.77. The molecule has 0 atom stereocenters. The molecule has 0 fully saturated rings. The van der Waals surface area contributed by atoms with E-state index in [9.17, 15) is 8.42 Å². The first-order valence-electron chi connectivity index (χ1n) is 4.73. The van der Waals surface area contributed by atoms with Crippen molar-refractivity contribution in [2.24, 2.45) is 0 Å². The largest absolute Gasteiger partial charge is 0.396 e. The van der Waals surface area contributed by atoms with Gasteiger partial charge in [0.25, 0.3) is 0 Å². The summed E-state index contributed by atoms with van der Waals surface area (Å²) in [6.07, 6.45) is 1.39. The van der Waals surface area contributed by atoms with Gasteiger partial charge >= 0.3 is 0 Å². The SMILES string of the molecule is Nc1cccnc1S(=O)(=O)c1ccc(Cl)cc1. The Morgan fingerprint density at radius 2 is 1.76 bits per heavy atom. The van der Waals surface area contributed by atoms with Gasteiger partial charge in [-0.2, -0.15) is 0 Å². The topological polar surface area (TPSA) is 73.0 Å². The van der Waals surface area contributed by atoms with Gasteiger partial charge in [0.2, 0.25) is 9.84 Å². The van der Waals surface area contributed by atoms with Crippen molar-refractivity contribution in [2.45, 2.75) is 9.92 Å². The normalized spacial score (nSPS) is 11.4. The van der Waals surface area contributed by atoms with Gasteiger partial charge in [-0.25, -0.2) is 13.4 Å². The third kappa shape index (κ3) is 2.25. The highest BCUT2D eigenvalue weighted by Gasteiger charge is 2.21. The minimum atomic E-state index is -3.68. The van der Waals surface area contributed by atoms with Crippen LogP contribution in [0.15, 0.2) is 52.5 Å². The number of halogens is 1. The number of pyridine rings is 1. The maximum Gasteiger partial charge on any atom is 0.225 e. The summed E-state index contributed by atoms with van der Waals surface area (Å²) in [4.78, 5) is 3.92. The third-order valence-electron chi connectivity index (χ3n) is 2.18. The molecule has 6 heteroatoms. The second kappa shape index (κ2) is 4.35. The molecule has 0 aliphatic heterocycles. The van der Waals surface area contributed by atoms with Crippen LogP contribution in [-0.4, -0.2) is 13.4 Å². The molecule has 2 rings (SSSR count). The average molecular weight is 269 g/mol. The van der Waals surface area contributed by atoms with E-state index in [2.05, 4.69) is 4.98 Å². The number of hydrogen-bond donors (Lipinski definition) is 1. The monoisotopic (exact) mass is 268 g/mol. The Labute approximate surface area is 104 Å². The number of rotatable bonds is 2. The highest BCUT2D eigenvalue weighted by Crippen LogP contribution is 2.24. The zero-order valence-electron chi connectivity index (χ0n) is 8.67. The Morgan fingerprint density at radius 1 is 1.12 bits per heavy atom. The minimum Gasteiger partial charge on any atom is -0.396 e. The number of nitrogens with zero attached hydrogens (tertiary/aromatic N) is 1. The molecule has 0 saturated carbocycles. The van der Waals surface area contributed by atoms with Crippen molar-refractivity contribution < 1.29 is 8.42 Å². The summed E-state index contributed by atoms with van der Waals surface area (Å²) in [5.74, 6) is 0. The minimum absolute atomic E-state index is 0.118. The fourth-order valence-electron chi connectivity index (χ4n) is 1.35. The Balaban J connectivity index is 2.58. The molecule has 0 aliphatic rings. The standard InChI is InChI=1S/C11H9ClN2O2S/c12-8-3-5-9(6-4-8)17(15,16)11-10(13)2-1-7-14-11/h1-7H,13H2. The summed E-state index contributed by atoms with van der Waals surface area (Å²) < 4.78 is 24.4. The maximum atomic E-state index is 12.2. The molecule has 0 bridgehead atoms. The van der Waals surface area contributed by atoms with Crippen LogP contribution in [0, 0.1) is 0 Å². The van der Waals surface area contributed by atoms with E-state index in [4.69, 9.17) is 17.3 Å². The highest BCUT2D eigenvalue weighted by atomic mass is 35.5. The van der Waals surface area contributed by atoms with Gasteiger partial charge in [0, 0.05) is 11.2 Å². The van der Waals surface area contributed by atoms with E-state index in [0.29, 0.717) is 5.02 Å². The third-order valence-corrected chi connectivity index (χ3v) is 4.17. The molecule has 0 spiro atoms. The van der Waals surface area contributed by atoms with E-state index in [1.807, 2.05) is 0 Å². The molecule has 4 nitrogen and oxygen atoms in total. The van der Waals surface area contributed by atoms with Crippen LogP contribution in [0.5, 0.6) is 0 Å². The van der Waals surface area contributed by atoms with Crippen LogP contribution in [0.1, 0.15) is 0 Å². The van der Waals surface area contributed by atoms with Crippen molar-refractivity contribution in [3.05, 3.63) is 47.6 Å². The quantitative estimate of drug-likeness (QED) is 0.906. The number of sulfone groups is 1. The first-order chi connectivity index (χ1) is 8.01. The zero-order chi connectivity index (χ0) is 12.5. The molecule has 1 aromatic carbocycles. The number of nitrogen functional groups attached to an aromatic ring is 1. The number of nitrogens with two attached hydrogens (primary N) is 1. The molecule has 0 saturated heterocycles. The molecule has 0 amide bonds. The van der Waals surface area contributed by atoms with Gasteiger partial charge in [-0.3, -0.25) is 0 Å². The molecule has 2 N–H and O–H groups in total. The molecular weight excluding hydrogens is 260 g/mol. The summed E-state index contributed by atoms with van der Waals surface area (Å²) >= 11 is 5.70. The van der Waals surface area contributed by atoms with Crippen LogP contribution >= 0.6 is 11.6 Å². The second-order valence-corrected chi connectivity index (χ2v) is 5.66. The van der Waals surface area contributed by atoms with Gasteiger partial charge in [-0.05, 0) is 36.4 Å². The van der Waals surface area contributed by atoms with Crippen molar-refractivity contribution in [2.75, 3.05) is 5.73 Å². The fraction of sp³-hybridized carbons (Fsp3) is 0. The van der Waals surface area contributed by atoms with Crippen molar-refractivity contribution >= 4 is 27.1 Å². The van der Waals surface area contributed by atoms with E-state index in [1.165, 1.54) is 36.5 Å². The van der Waals surface area contributed by atoms with Crippen LogP contribution in [0.25, 0.3) is 0 Å². The van der Waals surface area contributed by atoms with Crippen LogP contribution < -0.4 is 5.73 Å². The van der Waals surface area contributed by atoms with Crippen molar-refractivity contribution in [1.29, 1.82) is 0 Å². The maximum absolute atomic E-state index is 12.2. The summed E-state index contributed by atoms with van der Waals surface area (Å²) in [5.41, 5.74) is 5.73. The van der Waals surface area contributed by atoms with Gasteiger partial charge in [-0.15, -0.1) is 0 Å². The molecular formula is C11H9ClN2O2S. The van der Waals surface area contributed by atoms with Crippen LogP contribution in [-0.2, 0) is 9.84 Å². The highest BCUT2D eigenvalue weighted by molar-refractivity contribution is 7.91. The summed E-state index contributed by atoms with van der Waals surface area (Å²) in [5, 5.41) is 0.334. The van der Waals surface area contributed by atoms with Crippen LogP contribution in [0.2, 0.25) is 5.02 Å². The lowest BCUT2D eigenvalue weighted by Gasteiger charge is -2.05. The predicted molar refractivity (Wildman–Crippen MR) is 65.6 cm³/mol. The second-order valence-electron chi connectivity index (χ2n) is 3.36. The van der Waals surface area contributed by atoms with Crippen LogP contribution in [0.4, 0.5) is 5.69 Å².